The van der Waals surface area contributed by atoms with E-state index in [1.807, 2.05) is 12.1 Å². The van der Waals surface area contributed by atoms with E-state index in [1.165, 1.54) is 4.88 Å². The molecule has 0 atom stereocenters. The minimum atomic E-state index is -0.128. The number of hydrogen-bond donors (Lipinski definition) is 1. The largest absolute Gasteiger partial charge is 0.352 e. The summed E-state index contributed by atoms with van der Waals surface area (Å²) in [6.07, 6.45) is 0.826. The zero-order valence-corrected chi connectivity index (χ0v) is 12.6. The number of benzene rings is 1. The second-order valence-electron chi connectivity index (χ2n) is 3.69. The number of carbonyl (C=O) groups excluding carboxylic acids is 1. The first-order valence-corrected chi connectivity index (χ1v) is 7.42. The standard InChI is InChI=1S/C13H11BrClNOS/c14-12-6-5-9(18-12)7-8-16-13(17)10-3-1-2-4-11(10)15/h1-6H,7-8H2,(H,16,17). The van der Waals surface area contributed by atoms with Crippen LogP contribution in [0.2, 0.25) is 5.02 Å². The molecule has 2 nitrogen and oxygen atoms in total. The molecule has 1 amide bonds. The van der Waals surface area contributed by atoms with Crippen LogP contribution in [0.25, 0.3) is 0 Å². The van der Waals surface area contributed by atoms with Gasteiger partial charge >= 0.3 is 0 Å². The average Bonchev–Trinajstić information content (AvgIpc) is 2.75. The van der Waals surface area contributed by atoms with Crippen LogP contribution in [0, 0.1) is 0 Å². The van der Waals surface area contributed by atoms with Crippen LogP contribution in [-0.2, 0) is 6.42 Å². The maximum absolute atomic E-state index is 11.9. The van der Waals surface area contributed by atoms with Gasteiger partial charge in [-0.2, -0.15) is 0 Å². The van der Waals surface area contributed by atoms with Gasteiger partial charge in [-0.1, -0.05) is 23.7 Å². The van der Waals surface area contributed by atoms with Crippen LogP contribution in [0.3, 0.4) is 0 Å². The molecule has 0 aliphatic heterocycles. The van der Waals surface area contributed by atoms with Crippen LogP contribution < -0.4 is 5.32 Å². The third-order valence-electron chi connectivity index (χ3n) is 2.40. The Balaban J connectivity index is 1.87. The fourth-order valence-corrected chi connectivity index (χ4v) is 3.23. The third kappa shape index (κ3) is 3.57. The summed E-state index contributed by atoms with van der Waals surface area (Å²) in [7, 11) is 0. The van der Waals surface area contributed by atoms with Crippen molar-refractivity contribution in [1.29, 1.82) is 0 Å². The lowest BCUT2D eigenvalue weighted by Crippen LogP contribution is -2.25. The molecule has 0 unspecified atom stereocenters. The van der Waals surface area contributed by atoms with E-state index in [0.717, 1.165) is 10.2 Å². The van der Waals surface area contributed by atoms with Gasteiger partial charge in [0.25, 0.3) is 5.91 Å². The lowest BCUT2D eigenvalue weighted by molar-refractivity contribution is 0.0954. The zero-order valence-electron chi connectivity index (χ0n) is 9.45. The molecular formula is C13H11BrClNOS. The van der Waals surface area contributed by atoms with E-state index in [1.54, 1.807) is 29.5 Å². The normalized spacial score (nSPS) is 10.3. The molecule has 1 aromatic carbocycles. The van der Waals surface area contributed by atoms with E-state index >= 15 is 0 Å². The van der Waals surface area contributed by atoms with Crippen molar-refractivity contribution in [2.45, 2.75) is 6.42 Å². The highest BCUT2D eigenvalue weighted by molar-refractivity contribution is 9.11. The van der Waals surface area contributed by atoms with Crippen molar-refractivity contribution in [3.05, 3.63) is 55.6 Å². The molecule has 2 rings (SSSR count). The van der Waals surface area contributed by atoms with E-state index in [9.17, 15) is 4.79 Å². The Hall–Kier alpha value is -0.840. The Bertz CT molecular complexity index is 555. The van der Waals surface area contributed by atoms with Crippen LogP contribution in [0.15, 0.2) is 40.2 Å². The van der Waals surface area contributed by atoms with E-state index in [2.05, 4.69) is 27.3 Å². The smallest absolute Gasteiger partial charge is 0.252 e. The predicted molar refractivity (Wildman–Crippen MR) is 79.5 cm³/mol. The molecule has 94 valence electrons. The summed E-state index contributed by atoms with van der Waals surface area (Å²) in [4.78, 5) is 13.1. The second kappa shape index (κ2) is 6.36. The number of thiophene rings is 1. The van der Waals surface area contributed by atoms with E-state index in [4.69, 9.17) is 11.6 Å². The molecule has 0 saturated heterocycles. The SMILES string of the molecule is O=C(NCCc1ccc(Br)s1)c1ccccc1Cl. The molecule has 2 aromatic rings. The van der Waals surface area contributed by atoms with Gasteiger partial charge in [-0.15, -0.1) is 11.3 Å². The van der Waals surface area contributed by atoms with Gasteiger partial charge in [0.2, 0.25) is 0 Å². The number of nitrogens with one attached hydrogen (secondary N) is 1. The molecule has 0 bridgehead atoms. The Morgan fingerprint density at radius 3 is 2.72 bits per heavy atom. The maximum Gasteiger partial charge on any atom is 0.252 e. The van der Waals surface area contributed by atoms with Crippen LogP contribution >= 0.6 is 38.9 Å². The van der Waals surface area contributed by atoms with Crippen LogP contribution in [-0.4, -0.2) is 12.5 Å². The molecule has 0 aliphatic rings. The lowest BCUT2D eigenvalue weighted by Gasteiger charge is -2.05. The molecule has 5 heteroatoms. The molecule has 0 spiro atoms. The van der Waals surface area contributed by atoms with Crippen molar-refractivity contribution in [2.75, 3.05) is 6.54 Å². The molecule has 18 heavy (non-hydrogen) atoms. The van der Waals surface area contributed by atoms with Gasteiger partial charge in [-0.25, -0.2) is 0 Å². The highest BCUT2D eigenvalue weighted by Crippen LogP contribution is 2.22. The number of halogens is 2. The van der Waals surface area contributed by atoms with E-state index in [0.29, 0.717) is 17.1 Å². The zero-order chi connectivity index (χ0) is 13.0. The first kappa shape index (κ1) is 13.6. The van der Waals surface area contributed by atoms with Crippen molar-refractivity contribution >= 4 is 44.8 Å². The van der Waals surface area contributed by atoms with E-state index in [-0.39, 0.29) is 5.91 Å². The number of rotatable bonds is 4. The van der Waals surface area contributed by atoms with Gasteiger partial charge in [0.15, 0.2) is 0 Å². The van der Waals surface area contributed by atoms with Gasteiger partial charge in [0, 0.05) is 11.4 Å². The predicted octanol–water partition coefficient (Wildman–Crippen LogP) is 4.14. The fourth-order valence-electron chi connectivity index (χ4n) is 1.53. The summed E-state index contributed by atoms with van der Waals surface area (Å²) in [5.74, 6) is -0.128. The summed E-state index contributed by atoms with van der Waals surface area (Å²) in [5, 5.41) is 3.35. The first-order chi connectivity index (χ1) is 8.66. The quantitative estimate of drug-likeness (QED) is 0.887. The van der Waals surface area contributed by atoms with Gasteiger partial charge in [-0.3, -0.25) is 4.79 Å². The molecule has 0 fully saturated rings. The number of carbonyl (C=O) groups is 1. The van der Waals surface area contributed by atoms with Gasteiger partial charge < -0.3 is 5.32 Å². The summed E-state index contributed by atoms with van der Waals surface area (Å²) < 4.78 is 1.11. The average molecular weight is 345 g/mol. The maximum atomic E-state index is 11.9. The fraction of sp³-hybridized carbons (Fsp3) is 0.154. The Labute approximate surface area is 123 Å². The molecule has 0 radical (unpaired) electrons. The van der Waals surface area contributed by atoms with E-state index < -0.39 is 0 Å². The molecule has 1 N–H and O–H groups in total. The molecule has 0 aliphatic carbocycles. The highest BCUT2D eigenvalue weighted by Gasteiger charge is 2.08. The van der Waals surface area contributed by atoms with Crippen LogP contribution in [0.4, 0.5) is 0 Å². The highest BCUT2D eigenvalue weighted by atomic mass is 79.9. The topological polar surface area (TPSA) is 29.1 Å². The van der Waals surface area contributed by atoms with Crippen LogP contribution in [0.5, 0.6) is 0 Å². The Morgan fingerprint density at radius 1 is 1.28 bits per heavy atom. The van der Waals surface area contributed by atoms with Gasteiger partial charge in [-0.05, 0) is 46.6 Å². The van der Waals surface area contributed by atoms with Gasteiger partial charge in [0.1, 0.15) is 0 Å². The van der Waals surface area contributed by atoms with Crippen molar-refractivity contribution in [2.24, 2.45) is 0 Å². The van der Waals surface area contributed by atoms with Gasteiger partial charge in [0.05, 0.1) is 14.4 Å². The lowest BCUT2D eigenvalue weighted by atomic mass is 10.2. The van der Waals surface area contributed by atoms with Crippen LogP contribution in [0.1, 0.15) is 15.2 Å². The first-order valence-electron chi connectivity index (χ1n) is 5.44. The van der Waals surface area contributed by atoms with Crippen molar-refractivity contribution in [1.82, 2.24) is 5.32 Å². The molecular weight excluding hydrogens is 334 g/mol. The third-order valence-corrected chi connectivity index (χ3v) is 4.42. The molecule has 0 saturated carbocycles. The Morgan fingerprint density at radius 2 is 2.06 bits per heavy atom. The minimum absolute atomic E-state index is 0.128. The summed E-state index contributed by atoms with van der Waals surface area (Å²) in [5.41, 5.74) is 0.520. The summed E-state index contributed by atoms with van der Waals surface area (Å²) >= 11 is 11.0. The summed E-state index contributed by atoms with van der Waals surface area (Å²) in [6.45, 7) is 0.608. The number of amides is 1. The molecule has 1 heterocycles. The Kier molecular flexibility index (Phi) is 4.80. The van der Waals surface area contributed by atoms with Crippen molar-refractivity contribution < 1.29 is 4.79 Å². The molecule has 1 aromatic heterocycles. The van der Waals surface area contributed by atoms with Crippen molar-refractivity contribution in [3.63, 3.8) is 0 Å². The minimum Gasteiger partial charge on any atom is -0.352 e. The monoisotopic (exact) mass is 343 g/mol. The second-order valence-corrected chi connectivity index (χ2v) is 6.65. The number of hydrogen-bond acceptors (Lipinski definition) is 2. The van der Waals surface area contributed by atoms with Crippen molar-refractivity contribution in [3.8, 4) is 0 Å². The summed E-state index contributed by atoms with van der Waals surface area (Å²) in [6, 6.07) is 11.1.